The molecule has 4 rings (SSSR count). The van der Waals surface area contributed by atoms with E-state index in [9.17, 15) is 4.79 Å². The highest BCUT2D eigenvalue weighted by Crippen LogP contribution is 2.32. The van der Waals surface area contributed by atoms with E-state index >= 15 is 0 Å². The van der Waals surface area contributed by atoms with Crippen LogP contribution in [-0.4, -0.2) is 36.3 Å². The summed E-state index contributed by atoms with van der Waals surface area (Å²) in [6.07, 6.45) is 3.10. The van der Waals surface area contributed by atoms with E-state index in [2.05, 4.69) is 48.1 Å². The molecule has 6 heteroatoms. The number of urea groups is 1. The van der Waals surface area contributed by atoms with E-state index in [1.807, 2.05) is 11.0 Å². The van der Waals surface area contributed by atoms with Crippen LogP contribution in [0.2, 0.25) is 0 Å². The average Bonchev–Trinajstić information content (AvgIpc) is 2.96. The number of amides is 2. The van der Waals surface area contributed by atoms with Crippen molar-refractivity contribution in [2.75, 3.05) is 26.1 Å². The summed E-state index contributed by atoms with van der Waals surface area (Å²) in [6, 6.07) is 11.6. The van der Waals surface area contributed by atoms with Crippen LogP contribution >= 0.6 is 0 Å². The molecule has 0 spiro atoms. The first-order chi connectivity index (χ1) is 14.5. The number of anilines is 1. The normalized spacial score (nSPS) is 13.4. The van der Waals surface area contributed by atoms with Crippen LogP contribution in [0.25, 0.3) is 10.9 Å². The summed E-state index contributed by atoms with van der Waals surface area (Å²) in [4.78, 5) is 15.0. The molecule has 1 aliphatic heterocycles. The Bertz CT molecular complexity index is 1070. The van der Waals surface area contributed by atoms with Crippen molar-refractivity contribution >= 4 is 22.6 Å². The highest BCUT2D eigenvalue weighted by Gasteiger charge is 2.23. The molecule has 2 aromatic carbocycles. The van der Waals surface area contributed by atoms with E-state index in [0.717, 1.165) is 13.0 Å². The lowest BCUT2D eigenvalue weighted by Gasteiger charge is -2.23. The molecule has 2 heterocycles. The Labute approximate surface area is 177 Å². The minimum atomic E-state index is -0.140. The van der Waals surface area contributed by atoms with Crippen LogP contribution in [0.3, 0.4) is 0 Å². The number of hydrogen-bond acceptors (Lipinski definition) is 3. The minimum Gasteiger partial charge on any atom is -0.497 e. The molecule has 0 fully saturated rings. The summed E-state index contributed by atoms with van der Waals surface area (Å²) < 4.78 is 13.0. The Kier molecular flexibility index (Phi) is 5.57. The Hall–Kier alpha value is -3.15. The van der Waals surface area contributed by atoms with Crippen LogP contribution in [0.5, 0.6) is 11.5 Å². The van der Waals surface area contributed by atoms with Crippen LogP contribution in [0.4, 0.5) is 10.5 Å². The van der Waals surface area contributed by atoms with Crippen molar-refractivity contribution < 1.29 is 14.3 Å². The number of ether oxygens (including phenoxy) is 2. The molecule has 158 valence electrons. The number of methoxy groups -OCH3 is 2. The van der Waals surface area contributed by atoms with Gasteiger partial charge in [-0.25, -0.2) is 4.79 Å². The Morgan fingerprint density at radius 1 is 1.13 bits per heavy atom. The number of nitrogens with one attached hydrogen (secondary N) is 1. The number of nitrogens with zero attached hydrogens (tertiary/aromatic N) is 2. The lowest BCUT2D eigenvalue weighted by molar-refractivity contribution is 0.210. The summed E-state index contributed by atoms with van der Waals surface area (Å²) in [7, 11) is 3.19. The van der Waals surface area contributed by atoms with Crippen LogP contribution in [0, 0.1) is 5.92 Å². The third-order valence-electron chi connectivity index (χ3n) is 5.58. The number of carbonyl (C=O) groups is 1. The summed E-state index contributed by atoms with van der Waals surface area (Å²) in [5.74, 6) is 1.86. The van der Waals surface area contributed by atoms with Crippen LogP contribution in [0.15, 0.2) is 42.6 Å². The zero-order chi connectivity index (χ0) is 21.3. The molecule has 0 atom stereocenters. The van der Waals surface area contributed by atoms with Crippen LogP contribution in [-0.2, 0) is 19.5 Å². The van der Waals surface area contributed by atoms with Crippen molar-refractivity contribution in [1.29, 1.82) is 0 Å². The Morgan fingerprint density at radius 2 is 1.97 bits per heavy atom. The summed E-state index contributed by atoms with van der Waals surface area (Å²) in [6.45, 7) is 6.71. The third-order valence-corrected chi connectivity index (χ3v) is 5.58. The molecule has 0 saturated carbocycles. The first-order valence-corrected chi connectivity index (χ1v) is 10.4. The van der Waals surface area contributed by atoms with Gasteiger partial charge in [0, 0.05) is 42.8 Å². The molecule has 1 aromatic heterocycles. The van der Waals surface area contributed by atoms with Crippen molar-refractivity contribution in [2.45, 2.75) is 33.4 Å². The first kappa shape index (κ1) is 20.1. The molecule has 6 nitrogen and oxygen atoms in total. The van der Waals surface area contributed by atoms with Gasteiger partial charge in [0.25, 0.3) is 0 Å². The van der Waals surface area contributed by atoms with Gasteiger partial charge in [0.2, 0.25) is 0 Å². The molecule has 0 unspecified atom stereocenters. The van der Waals surface area contributed by atoms with Crippen molar-refractivity contribution in [3.63, 3.8) is 0 Å². The van der Waals surface area contributed by atoms with E-state index < -0.39 is 0 Å². The summed E-state index contributed by atoms with van der Waals surface area (Å²) in [5, 5.41) is 4.30. The number of carbonyl (C=O) groups excluding carboxylic acids is 1. The molecule has 0 bridgehead atoms. The fourth-order valence-corrected chi connectivity index (χ4v) is 4.20. The fraction of sp³-hybridized carbons (Fsp3) is 0.375. The maximum Gasteiger partial charge on any atom is 0.322 e. The van der Waals surface area contributed by atoms with Crippen molar-refractivity contribution in [3.8, 4) is 11.5 Å². The van der Waals surface area contributed by atoms with E-state index in [1.54, 1.807) is 26.4 Å². The summed E-state index contributed by atoms with van der Waals surface area (Å²) in [5.41, 5.74) is 4.37. The molecule has 0 aliphatic carbocycles. The van der Waals surface area contributed by atoms with E-state index in [4.69, 9.17) is 9.47 Å². The molecule has 0 radical (unpaired) electrons. The molecule has 3 aromatic rings. The van der Waals surface area contributed by atoms with Gasteiger partial charge >= 0.3 is 6.03 Å². The molecular formula is C24H29N3O3. The SMILES string of the molecule is COc1ccc(OC)c(NC(=O)N2CCc3cn(CC(C)C)c4cccc(c34)C2)c1. The van der Waals surface area contributed by atoms with Gasteiger partial charge in [0.05, 0.1) is 19.9 Å². The van der Waals surface area contributed by atoms with Gasteiger partial charge in [-0.05, 0) is 41.7 Å². The van der Waals surface area contributed by atoms with Crippen molar-refractivity contribution in [2.24, 2.45) is 5.92 Å². The standard InChI is InChI=1S/C24H29N3O3/c1-16(2)13-27-15-18-10-11-26(14-17-6-5-7-21(27)23(17)18)24(28)25-20-12-19(29-3)8-9-22(20)30-4/h5-9,12,15-16H,10-11,13-14H2,1-4H3,(H,25,28). The molecule has 1 N–H and O–H groups in total. The second kappa shape index (κ2) is 8.30. The Morgan fingerprint density at radius 3 is 2.70 bits per heavy atom. The van der Waals surface area contributed by atoms with E-state index in [-0.39, 0.29) is 6.03 Å². The van der Waals surface area contributed by atoms with Crippen LogP contribution in [0.1, 0.15) is 25.0 Å². The predicted octanol–water partition coefficient (Wildman–Crippen LogP) is 4.90. The van der Waals surface area contributed by atoms with Gasteiger partial charge in [-0.15, -0.1) is 0 Å². The zero-order valence-corrected chi connectivity index (χ0v) is 18.1. The van der Waals surface area contributed by atoms with Gasteiger partial charge in [0.1, 0.15) is 11.5 Å². The molecule has 2 amide bonds. The number of rotatable bonds is 5. The van der Waals surface area contributed by atoms with Gasteiger partial charge in [-0.1, -0.05) is 26.0 Å². The number of hydrogen-bond donors (Lipinski definition) is 1. The highest BCUT2D eigenvalue weighted by molar-refractivity contribution is 5.93. The largest absolute Gasteiger partial charge is 0.497 e. The molecular weight excluding hydrogens is 378 g/mol. The van der Waals surface area contributed by atoms with Gasteiger partial charge in [0.15, 0.2) is 0 Å². The molecule has 30 heavy (non-hydrogen) atoms. The number of aromatic nitrogens is 1. The minimum absolute atomic E-state index is 0.140. The summed E-state index contributed by atoms with van der Waals surface area (Å²) >= 11 is 0. The van der Waals surface area contributed by atoms with Gasteiger partial charge in [-0.3, -0.25) is 0 Å². The van der Waals surface area contributed by atoms with Gasteiger partial charge < -0.3 is 24.3 Å². The number of benzene rings is 2. The topological polar surface area (TPSA) is 55.7 Å². The predicted molar refractivity (Wildman–Crippen MR) is 119 cm³/mol. The maximum atomic E-state index is 13.1. The van der Waals surface area contributed by atoms with Gasteiger partial charge in [-0.2, -0.15) is 0 Å². The van der Waals surface area contributed by atoms with Crippen molar-refractivity contribution in [3.05, 3.63) is 53.7 Å². The van der Waals surface area contributed by atoms with E-state index in [0.29, 0.717) is 36.2 Å². The monoisotopic (exact) mass is 407 g/mol. The first-order valence-electron chi connectivity index (χ1n) is 10.4. The van der Waals surface area contributed by atoms with Crippen molar-refractivity contribution in [1.82, 2.24) is 9.47 Å². The van der Waals surface area contributed by atoms with E-state index in [1.165, 1.54) is 22.0 Å². The third kappa shape index (κ3) is 3.82. The Balaban J connectivity index is 1.60. The quantitative estimate of drug-likeness (QED) is 0.654. The smallest absolute Gasteiger partial charge is 0.322 e. The molecule has 1 aliphatic rings. The molecule has 0 saturated heterocycles. The lowest BCUT2D eigenvalue weighted by atomic mass is 10.1. The second-order valence-electron chi connectivity index (χ2n) is 8.18. The highest BCUT2D eigenvalue weighted by atomic mass is 16.5. The average molecular weight is 408 g/mol. The maximum absolute atomic E-state index is 13.1. The van der Waals surface area contributed by atoms with Crippen LogP contribution < -0.4 is 14.8 Å². The lowest BCUT2D eigenvalue weighted by Crippen LogP contribution is -2.35. The fourth-order valence-electron chi connectivity index (χ4n) is 4.20. The zero-order valence-electron chi connectivity index (χ0n) is 18.1. The second-order valence-corrected chi connectivity index (χ2v) is 8.18.